The maximum absolute atomic E-state index is 12.5. The van der Waals surface area contributed by atoms with Gasteiger partial charge in [0, 0.05) is 16.7 Å². The van der Waals surface area contributed by atoms with Gasteiger partial charge in [-0.15, -0.1) is 0 Å². The van der Waals surface area contributed by atoms with Crippen LogP contribution in [0.25, 0.3) is 0 Å². The molecule has 0 aliphatic carbocycles. The van der Waals surface area contributed by atoms with Crippen molar-refractivity contribution in [2.45, 2.75) is 25.3 Å². The molecule has 0 radical (unpaired) electrons. The Morgan fingerprint density at radius 1 is 1.10 bits per heavy atom. The SMILES string of the molecule is Cc1cc(C)cc(NS(=O)(=O)c2cc(CN)ccc2Br)c1. The van der Waals surface area contributed by atoms with Crippen molar-refractivity contribution in [3.8, 4) is 0 Å². The molecule has 2 aromatic rings. The van der Waals surface area contributed by atoms with E-state index in [1.54, 1.807) is 30.3 Å². The predicted molar refractivity (Wildman–Crippen MR) is 88.8 cm³/mol. The van der Waals surface area contributed by atoms with Crippen molar-refractivity contribution in [3.05, 3.63) is 57.6 Å². The molecular weight excluding hydrogens is 352 g/mol. The number of benzene rings is 2. The average Bonchev–Trinajstić information content (AvgIpc) is 2.37. The van der Waals surface area contributed by atoms with E-state index in [1.165, 1.54) is 0 Å². The molecule has 0 aliphatic rings. The second kappa shape index (κ2) is 6.17. The van der Waals surface area contributed by atoms with Gasteiger partial charge in [0.05, 0.1) is 0 Å². The van der Waals surface area contributed by atoms with Crippen LogP contribution in [0.4, 0.5) is 5.69 Å². The van der Waals surface area contributed by atoms with E-state index in [0.717, 1.165) is 16.7 Å². The fraction of sp³-hybridized carbons (Fsp3) is 0.200. The van der Waals surface area contributed by atoms with E-state index in [9.17, 15) is 8.42 Å². The molecule has 0 aromatic heterocycles. The monoisotopic (exact) mass is 368 g/mol. The molecule has 0 amide bonds. The summed E-state index contributed by atoms with van der Waals surface area (Å²) < 4.78 is 28.2. The van der Waals surface area contributed by atoms with Crippen molar-refractivity contribution >= 4 is 31.6 Å². The molecule has 0 bridgehead atoms. The van der Waals surface area contributed by atoms with Crippen LogP contribution in [0, 0.1) is 13.8 Å². The summed E-state index contributed by atoms with van der Waals surface area (Å²) in [6.45, 7) is 4.14. The zero-order valence-electron chi connectivity index (χ0n) is 11.9. The van der Waals surface area contributed by atoms with Gasteiger partial charge in [-0.2, -0.15) is 0 Å². The van der Waals surface area contributed by atoms with E-state index in [0.29, 0.717) is 16.7 Å². The zero-order valence-corrected chi connectivity index (χ0v) is 14.3. The minimum Gasteiger partial charge on any atom is -0.326 e. The van der Waals surface area contributed by atoms with Gasteiger partial charge < -0.3 is 5.73 Å². The molecule has 0 unspecified atom stereocenters. The molecule has 4 nitrogen and oxygen atoms in total. The van der Waals surface area contributed by atoms with Crippen LogP contribution >= 0.6 is 15.9 Å². The minimum atomic E-state index is -3.66. The van der Waals surface area contributed by atoms with Crippen LogP contribution in [0.2, 0.25) is 0 Å². The van der Waals surface area contributed by atoms with Gasteiger partial charge in [0.25, 0.3) is 10.0 Å². The lowest BCUT2D eigenvalue weighted by molar-refractivity contribution is 0.600. The highest BCUT2D eigenvalue weighted by atomic mass is 79.9. The molecule has 112 valence electrons. The molecule has 6 heteroatoms. The first-order valence-corrected chi connectivity index (χ1v) is 8.69. The number of anilines is 1. The second-order valence-electron chi connectivity index (χ2n) is 4.95. The van der Waals surface area contributed by atoms with Crippen molar-refractivity contribution < 1.29 is 8.42 Å². The van der Waals surface area contributed by atoms with E-state index in [1.807, 2.05) is 19.9 Å². The Morgan fingerprint density at radius 3 is 2.29 bits per heavy atom. The highest BCUT2D eigenvalue weighted by molar-refractivity contribution is 9.10. The van der Waals surface area contributed by atoms with E-state index < -0.39 is 10.0 Å². The fourth-order valence-corrected chi connectivity index (χ4v) is 4.18. The molecule has 21 heavy (non-hydrogen) atoms. The minimum absolute atomic E-state index is 0.185. The Kier molecular flexibility index (Phi) is 4.70. The number of sulfonamides is 1. The average molecular weight is 369 g/mol. The first-order chi connectivity index (χ1) is 9.81. The van der Waals surface area contributed by atoms with Gasteiger partial charge in [0.15, 0.2) is 0 Å². The Bertz CT molecular complexity index is 753. The molecule has 0 saturated heterocycles. The predicted octanol–water partition coefficient (Wildman–Crippen LogP) is 3.33. The van der Waals surface area contributed by atoms with Crippen LogP contribution in [0.5, 0.6) is 0 Å². The van der Waals surface area contributed by atoms with Gasteiger partial charge in [-0.1, -0.05) is 12.1 Å². The normalized spacial score (nSPS) is 11.4. The van der Waals surface area contributed by atoms with Crippen LogP contribution < -0.4 is 10.5 Å². The van der Waals surface area contributed by atoms with Gasteiger partial charge >= 0.3 is 0 Å². The number of halogens is 1. The van der Waals surface area contributed by atoms with Crippen LogP contribution in [0.15, 0.2) is 45.8 Å². The highest BCUT2D eigenvalue weighted by Crippen LogP contribution is 2.26. The van der Waals surface area contributed by atoms with Crippen LogP contribution in [-0.2, 0) is 16.6 Å². The summed E-state index contributed by atoms with van der Waals surface area (Å²) in [5.41, 5.74) is 8.89. The molecular formula is C15H17BrN2O2S. The Morgan fingerprint density at radius 2 is 1.71 bits per heavy atom. The molecule has 0 atom stereocenters. The van der Waals surface area contributed by atoms with Crippen LogP contribution in [0.1, 0.15) is 16.7 Å². The largest absolute Gasteiger partial charge is 0.326 e. The number of nitrogens with two attached hydrogens (primary N) is 1. The number of nitrogens with one attached hydrogen (secondary N) is 1. The maximum atomic E-state index is 12.5. The maximum Gasteiger partial charge on any atom is 0.263 e. The lowest BCUT2D eigenvalue weighted by Gasteiger charge is -2.12. The van der Waals surface area contributed by atoms with Gasteiger partial charge in [-0.05, 0) is 70.7 Å². The molecule has 0 spiro atoms. The van der Waals surface area contributed by atoms with Gasteiger partial charge in [0.1, 0.15) is 4.90 Å². The van der Waals surface area contributed by atoms with E-state index >= 15 is 0 Å². The lowest BCUT2D eigenvalue weighted by Crippen LogP contribution is -2.14. The van der Waals surface area contributed by atoms with Gasteiger partial charge in [-0.25, -0.2) is 8.42 Å². The van der Waals surface area contributed by atoms with Crippen LogP contribution in [0.3, 0.4) is 0 Å². The molecule has 0 heterocycles. The Labute approximate surface area is 133 Å². The molecule has 0 saturated carbocycles. The summed E-state index contributed by atoms with van der Waals surface area (Å²) in [6.07, 6.45) is 0. The van der Waals surface area contributed by atoms with E-state index in [-0.39, 0.29) is 4.90 Å². The zero-order chi connectivity index (χ0) is 15.6. The first kappa shape index (κ1) is 16.0. The summed E-state index contributed by atoms with van der Waals surface area (Å²) >= 11 is 3.28. The number of aryl methyl sites for hydroxylation is 2. The quantitative estimate of drug-likeness (QED) is 0.869. The topological polar surface area (TPSA) is 72.2 Å². The fourth-order valence-electron chi connectivity index (χ4n) is 2.12. The molecule has 2 rings (SSSR count). The summed E-state index contributed by atoms with van der Waals surface area (Å²) in [4.78, 5) is 0.185. The summed E-state index contributed by atoms with van der Waals surface area (Å²) in [7, 11) is -3.66. The molecule has 0 fully saturated rings. The third kappa shape index (κ3) is 3.84. The number of hydrogen-bond donors (Lipinski definition) is 2. The van der Waals surface area contributed by atoms with Crippen molar-refractivity contribution in [3.63, 3.8) is 0 Å². The summed E-state index contributed by atoms with van der Waals surface area (Å²) in [6, 6.07) is 10.6. The Hall–Kier alpha value is -1.37. The van der Waals surface area contributed by atoms with Crippen molar-refractivity contribution in [1.29, 1.82) is 0 Å². The second-order valence-corrected chi connectivity index (χ2v) is 7.46. The van der Waals surface area contributed by atoms with E-state index in [4.69, 9.17) is 5.73 Å². The van der Waals surface area contributed by atoms with Crippen molar-refractivity contribution in [2.24, 2.45) is 5.73 Å². The summed E-state index contributed by atoms with van der Waals surface area (Å²) in [5, 5.41) is 0. The lowest BCUT2D eigenvalue weighted by atomic mass is 10.1. The third-order valence-corrected chi connectivity index (χ3v) is 5.37. The standard InChI is InChI=1S/C15H17BrN2O2S/c1-10-5-11(2)7-13(6-10)18-21(19,20)15-8-12(9-17)3-4-14(15)16/h3-8,18H,9,17H2,1-2H3. The molecule has 2 aromatic carbocycles. The Balaban J connectivity index is 2.42. The number of rotatable bonds is 4. The smallest absolute Gasteiger partial charge is 0.263 e. The van der Waals surface area contributed by atoms with Crippen LogP contribution in [-0.4, -0.2) is 8.42 Å². The van der Waals surface area contributed by atoms with Gasteiger partial charge in [-0.3, -0.25) is 4.72 Å². The third-order valence-electron chi connectivity index (χ3n) is 2.99. The summed E-state index contributed by atoms with van der Waals surface area (Å²) in [5.74, 6) is 0. The highest BCUT2D eigenvalue weighted by Gasteiger charge is 2.18. The van der Waals surface area contributed by atoms with Gasteiger partial charge in [0.2, 0.25) is 0 Å². The first-order valence-electron chi connectivity index (χ1n) is 6.41. The van der Waals surface area contributed by atoms with Crippen molar-refractivity contribution in [1.82, 2.24) is 0 Å². The van der Waals surface area contributed by atoms with Crippen molar-refractivity contribution in [2.75, 3.05) is 4.72 Å². The number of hydrogen-bond acceptors (Lipinski definition) is 3. The molecule has 3 N–H and O–H groups in total. The molecule has 0 aliphatic heterocycles. The van der Waals surface area contributed by atoms with E-state index in [2.05, 4.69) is 20.7 Å².